The molecule has 7 rings (SSSR count). The van der Waals surface area contributed by atoms with Gasteiger partial charge in [0, 0.05) is 0 Å². The van der Waals surface area contributed by atoms with E-state index >= 15 is 0 Å². The number of halogens is 2. The van der Waals surface area contributed by atoms with Crippen molar-refractivity contribution in [3.05, 3.63) is 160 Å². The Labute approximate surface area is 238 Å². The van der Waals surface area contributed by atoms with E-state index in [2.05, 4.69) is 115 Å². The Kier molecular flexibility index (Phi) is 7.39. The summed E-state index contributed by atoms with van der Waals surface area (Å²) >= 11 is -0.826. The average Bonchev–Trinajstić information content (AvgIpc) is 3.52. The number of rotatable bonds is 4. The van der Waals surface area contributed by atoms with Gasteiger partial charge >= 0.3 is 37.9 Å². The fourth-order valence-electron chi connectivity index (χ4n) is 6.01. The Morgan fingerprint density at radius 1 is 0.541 bits per heavy atom. The Morgan fingerprint density at radius 2 is 1.05 bits per heavy atom. The SMILES string of the molecule is [Cl][Zr][Cl].c1ccc([C-](Cc2cccc3c2Cc2ccccc2-3)c2cccc3c2Cc2ccccc2-3)cc1. The van der Waals surface area contributed by atoms with E-state index in [0.29, 0.717) is 0 Å². The van der Waals surface area contributed by atoms with Crippen molar-refractivity contribution in [2.45, 2.75) is 19.3 Å². The van der Waals surface area contributed by atoms with Gasteiger partial charge < -0.3 is 0 Å². The van der Waals surface area contributed by atoms with Crippen molar-refractivity contribution in [3.63, 3.8) is 0 Å². The monoisotopic (exact) mass is 593 g/mol. The van der Waals surface area contributed by atoms with Crippen molar-refractivity contribution >= 4 is 17.0 Å². The van der Waals surface area contributed by atoms with Crippen LogP contribution in [0.4, 0.5) is 0 Å². The fraction of sp³-hybridized carbons (Fsp3) is 0.0882. The third kappa shape index (κ3) is 4.75. The van der Waals surface area contributed by atoms with Gasteiger partial charge in [-0.1, -0.05) is 103 Å². The Morgan fingerprint density at radius 3 is 1.73 bits per heavy atom. The zero-order valence-electron chi connectivity index (χ0n) is 20.3. The van der Waals surface area contributed by atoms with Gasteiger partial charge in [-0.05, 0) is 63.8 Å². The molecule has 0 aliphatic heterocycles. The van der Waals surface area contributed by atoms with Crippen molar-refractivity contribution < 1.29 is 20.8 Å². The minimum Gasteiger partial charge on any atom is -0.120 e. The molecule has 2 aliphatic rings. The first kappa shape index (κ1) is 24.8. The van der Waals surface area contributed by atoms with Gasteiger partial charge in [-0.3, -0.25) is 0 Å². The van der Waals surface area contributed by atoms with E-state index in [1.807, 2.05) is 0 Å². The van der Waals surface area contributed by atoms with Gasteiger partial charge in [0.2, 0.25) is 0 Å². The van der Waals surface area contributed by atoms with E-state index in [1.54, 1.807) is 0 Å². The van der Waals surface area contributed by atoms with Gasteiger partial charge in [-0.15, -0.1) is 35.2 Å². The van der Waals surface area contributed by atoms with Crippen molar-refractivity contribution in [2.75, 3.05) is 0 Å². The smallest absolute Gasteiger partial charge is 0.00108 e. The Hall–Kier alpha value is -2.57. The third-order valence-corrected chi connectivity index (χ3v) is 7.61. The molecule has 5 aromatic rings. The van der Waals surface area contributed by atoms with E-state index in [9.17, 15) is 0 Å². The second-order valence-electron chi connectivity index (χ2n) is 9.54. The molecule has 0 radical (unpaired) electrons. The van der Waals surface area contributed by atoms with Crippen LogP contribution in [0.1, 0.15) is 38.9 Å². The summed E-state index contributed by atoms with van der Waals surface area (Å²) in [6.07, 6.45) is 2.98. The van der Waals surface area contributed by atoms with Gasteiger partial charge in [-0.25, -0.2) is 0 Å². The molecular formula is C34H25Cl2Zr-. The molecular weight excluding hydrogens is 571 g/mol. The first-order chi connectivity index (χ1) is 18.3. The summed E-state index contributed by atoms with van der Waals surface area (Å²) < 4.78 is 0. The Bertz CT molecular complexity index is 1560. The number of fused-ring (bicyclic) bond motifs is 6. The predicted octanol–water partition coefficient (Wildman–Crippen LogP) is 9.42. The number of benzene rings is 5. The van der Waals surface area contributed by atoms with Crippen molar-refractivity contribution in [2.24, 2.45) is 0 Å². The minimum absolute atomic E-state index is 0.826. The summed E-state index contributed by atoms with van der Waals surface area (Å²) in [5.41, 5.74) is 15.6. The van der Waals surface area contributed by atoms with Crippen LogP contribution in [0.2, 0.25) is 0 Å². The van der Waals surface area contributed by atoms with Crippen LogP contribution in [0.5, 0.6) is 0 Å². The molecule has 0 saturated carbocycles. The second kappa shape index (κ2) is 11.0. The predicted molar refractivity (Wildman–Crippen MR) is 153 cm³/mol. The summed E-state index contributed by atoms with van der Waals surface area (Å²) in [5, 5.41) is 0. The van der Waals surface area contributed by atoms with E-state index < -0.39 is 20.8 Å². The summed E-state index contributed by atoms with van der Waals surface area (Å²) in [7, 11) is 9.87. The standard InChI is InChI=1S/C34H25.2ClH.Zr/c1-2-10-23(11-3-1)32(31-19-9-18-30-28-16-7-5-13-25(28)22-34(30)31)21-26-14-8-17-29-27-15-6-4-12-24(27)20-33(26)29;;;/h1-19H,20-22H2;2*1H;/q-1;;;+2/p-2. The molecule has 5 aromatic carbocycles. The van der Waals surface area contributed by atoms with Crippen LogP contribution >= 0.6 is 17.0 Å². The van der Waals surface area contributed by atoms with Gasteiger partial charge in [0.1, 0.15) is 0 Å². The van der Waals surface area contributed by atoms with Crippen LogP contribution in [0.3, 0.4) is 0 Å². The molecule has 0 saturated heterocycles. The molecule has 0 heterocycles. The van der Waals surface area contributed by atoms with Gasteiger partial charge in [0.25, 0.3) is 0 Å². The first-order valence-electron chi connectivity index (χ1n) is 12.6. The summed E-state index contributed by atoms with van der Waals surface area (Å²) in [4.78, 5) is 0. The summed E-state index contributed by atoms with van der Waals surface area (Å²) in [5.74, 6) is 1.43. The molecule has 0 unspecified atom stereocenters. The van der Waals surface area contributed by atoms with E-state index in [1.165, 1.54) is 67.1 Å². The normalized spacial score (nSPS) is 11.9. The molecule has 0 nitrogen and oxygen atoms in total. The van der Waals surface area contributed by atoms with Gasteiger partial charge in [-0.2, -0.15) is 0 Å². The first-order valence-corrected chi connectivity index (χ1v) is 18.9. The molecule has 0 bridgehead atoms. The maximum absolute atomic E-state index is 4.93. The maximum Gasteiger partial charge on any atom is -0.00108 e. The van der Waals surface area contributed by atoms with Crippen molar-refractivity contribution in [1.82, 2.24) is 0 Å². The van der Waals surface area contributed by atoms with Gasteiger partial charge in [0.15, 0.2) is 0 Å². The molecule has 0 atom stereocenters. The molecule has 0 fully saturated rings. The van der Waals surface area contributed by atoms with Crippen LogP contribution in [-0.2, 0) is 40.1 Å². The van der Waals surface area contributed by atoms with Crippen molar-refractivity contribution in [1.29, 1.82) is 0 Å². The molecule has 0 N–H and O–H groups in total. The van der Waals surface area contributed by atoms with Crippen LogP contribution in [-0.4, -0.2) is 0 Å². The van der Waals surface area contributed by atoms with Crippen LogP contribution in [0, 0.1) is 5.92 Å². The third-order valence-electron chi connectivity index (χ3n) is 7.61. The quantitative estimate of drug-likeness (QED) is 0.178. The molecule has 37 heavy (non-hydrogen) atoms. The van der Waals surface area contributed by atoms with E-state index in [4.69, 9.17) is 17.0 Å². The zero-order valence-corrected chi connectivity index (χ0v) is 24.3. The van der Waals surface area contributed by atoms with Crippen LogP contribution < -0.4 is 0 Å². The molecule has 180 valence electrons. The van der Waals surface area contributed by atoms with Gasteiger partial charge in [0.05, 0.1) is 0 Å². The van der Waals surface area contributed by atoms with E-state index in [0.717, 1.165) is 19.3 Å². The maximum atomic E-state index is 4.93. The zero-order chi connectivity index (χ0) is 25.2. The topological polar surface area (TPSA) is 0 Å². The molecule has 0 spiro atoms. The minimum atomic E-state index is -0.826. The molecule has 0 amide bonds. The second-order valence-corrected chi connectivity index (χ2v) is 13.3. The molecule has 0 aromatic heterocycles. The largest absolute Gasteiger partial charge is 0.120 e. The molecule has 2 aliphatic carbocycles. The van der Waals surface area contributed by atoms with E-state index in [-0.39, 0.29) is 0 Å². The fourth-order valence-corrected chi connectivity index (χ4v) is 6.01. The van der Waals surface area contributed by atoms with Crippen LogP contribution in [0.25, 0.3) is 22.3 Å². The summed E-state index contributed by atoms with van der Waals surface area (Å²) in [6, 6.07) is 42.5. The van der Waals surface area contributed by atoms with Crippen molar-refractivity contribution in [3.8, 4) is 22.3 Å². The average molecular weight is 596 g/mol. The summed E-state index contributed by atoms with van der Waals surface area (Å²) in [6.45, 7) is 0. The number of hydrogen-bond donors (Lipinski definition) is 0. The number of hydrogen-bond acceptors (Lipinski definition) is 0. The molecule has 3 heteroatoms. The van der Waals surface area contributed by atoms with Crippen LogP contribution in [0.15, 0.2) is 115 Å². The Balaban J connectivity index is 0.000000804.